The molecule has 3 aromatic carbocycles. The van der Waals surface area contributed by atoms with E-state index >= 15 is 0 Å². The minimum absolute atomic E-state index is 0.264. The third-order valence-electron chi connectivity index (χ3n) is 4.76. The number of rotatable bonds is 8. The Hall–Kier alpha value is -2.56. The second-order valence-electron chi connectivity index (χ2n) is 6.72. The number of nitrogens with one attached hydrogen (secondary N) is 1. The predicted octanol–water partition coefficient (Wildman–Crippen LogP) is 6.12. The van der Waals surface area contributed by atoms with Gasteiger partial charge in [0.2, 0.25) is 0 Å². The molecule has 0 aromatic heterocycles. The van der Waals surface area contributed by atoms with Crippen LogP contribution in [0.1, 0.15) is 30.0 Å². The van der Waals surface area contributed by atoms with E-state index in [0.717, 1.165) is 39.9 Å². The fraction of sp³-hybridized carbons (Fsp3) is 0.200. The van der Waals surface area contributed by atoms with Crippen molar-refractivity contribution in [2.24, 2.45) is 0 Å². The summed E-state index contributed by atoms with van der Waals surface area (Å²) < 4.78 is 6.77. The van der Waals surface area contributed by atoms with Crippen LogP contribution in [-0.4, -0.2) is 25.3 Å². The molecule has 0 saturated heterocycles. The molecule has 0 aliphatic rings. The zero-order valence-electron chi connectivity index (χ0n) is 16.8. The first kappa shape index (κ1) is 21.2. The van der Waals surface area contributed by atoms with E-state index in [-0.39, 0.29) is 5.75 Å². The largest absolute Gasteiger partial charge is 0.508 e. The number of allylic oxidation sites excluding steroid dienone is 1. The molecule has 0 bridgehead atoms. The van der Waals surface area contributed by atoms with Crippen LogP contribution in [0, 0.1) is 0 Å². The monoisotopic (exact) mass is 451 g/mol. The molecule has 0 fully saturated rings. The number of hydrogen-bond donors (Lipinski definition) is 2. The lowest BCUT2D eigenvalue weighted by Gasteiger charge is -2.18. The maximum absolute atomic E-state index is 9.76. The van der Waals surface area contributed by atoms with E-state index in [1.807, 2.05) is 31.3 Å². The van der Waals surface area contributed by atoms with Gasteiger partial charge in [-0.1, -0.05) is 55.5 Å². The number of hydrogen-bond acceptors (Lipinski definition) is 3. The minimum Gasteiger partial charge on any atom is -0.508 e. The van der Waals surface area contributed by atoms with Gasteiger partial charge in [-0.15, -0.1) is 0 Å². The van der Waals surface area contributed by atoms with Crippen LogP contribution < -0.4 is 10.1 Å². The third-order valence-corrected chi connectivity index (χ3v) is 5.38. The smallest absolute Gasteiger partial charge is 0.133 e. The van der Waals surface area contributed by atoms with Gasteiger partial charge in [-0.2, -0.15) is 0 Å². The van der Waals surface area contributed by atoms with Crippen molar-refractivity contribution in [2.75, 3.05) is 20.2 Å². The van der Waals surface area contributed by atoms with E-state index in [2.05, 4.69) is 64.6 Å². The Morgan fingerprint density at radius 3 is 2.24 bits per heavy atom. The Bertz CT molecular complexity index is 966. The van der Waals surface area contributed by atoms with E-state index in [4.69, 9.17) is 4.74 Å². The molecule has 0 spiro atoms. The fourth-order valence-electron chi connectivity index (χ4n) is 3.34. The van der Waals surface area contributed by atoms with E-state index in [9.17, 15) is 5.11 Å². The highest BCUT2D eigenvalue weighted by atomic mass is 79.9. The van der Waals surface area contributed by atoms with E-state index in [1.165, 1.54) is 11.1 Å². The lowest BCUT2D eigenvalue weighted by Crippen LogP contribution is -2.16. The Balaban J connectivity index is 2.12. The summed E-state index contributed by atoms with van der Waals surface area (Å²) in [5, 5.41) is 12.8. The van der Waals surface area contributed by atoms with Crippen LogP contribution in [0.4, 0.5) is 0 Å². The zero-order valence-corrected chi connectivity index (χ0v) is 18.4. The Morgan fingerprint density at radius 1 is 0.931 bits per heavy atom. The Kier molecular flexibility index (Phi) is 7.50. The molecule has 0 amide bonds. The maximum Gasteiger partial charge on any atom is 0.133 e. The van der Waals surface area contributed by atoms with Crippen LogP contribution >= 0.6 is 15.9 Å². The maximum atomic E-state index is 9.76. The second-order valence-corrected chi connectivity index (χ2v) is 7.57. The normalized spacial score (nSPS) is 11.8. The highest BCUT2D eigenvalue weighted by Crippen LogP contribution is 2.37. The molecule has 0 saturated carbocycles. The number of benzene rings is 3. The van der Waals surface area contributed by atoms with Gasteiger partial charge in [0.25, 0.3) is 0 Å². The first-order chi connectivity index (χ1) is 14.1. The van der Waals surface area contributed by atoms with Crippen molar-refractivity contribution in [1.82, 2.24) is 5.32 Å². The van der Waals surface area contributed by atoms with Gasteiger partial charge < -0.3 is 15.2 Å². The number of phenolic OH excluding ortho intramolecular Hbond substituents is 1. The van der Waals surface area contributed by atoms with E-state index in [1.54, 1.807) is 12.1 Å². The molecule has 29 heavy (non-hydrogen) atoms. The molecular weight excluding hydrogens is 426 g/mol. The molecule has 0 radical (unpaired) electrons. The van der Waals surface area contributed by atoms with Gasteiger partial charge in [0.05, 0.1) is 4.47 Å². The molecule has 3 rings (SSSR count). The summed E-state index contributed by atoms with van der Waals surface area (Å²) in [5.74, 6) is 1.09. The van der Waals surface area contributed by atoms with Crippen molar-refractivity contribution in [3.8, 4) is 11.5 Å². The van der Waals surface area contributed by atoms with Crippen LogP contribution in [0.5, 0.6) is 11.5 Å². The molecular formula is C25H26BrNO2. The van der Waals surface area contributed by atoms with Crippen molar-refractivity contribution in [2.45, 2.75) is 13.3 Å². The first-order valence-electron chi connectivity index (χ1n) is 9.79. The summed E-state index contributed by atoms with van der Waals surface area (Å²) >= 11 is 3.67. The lowest BCUT2D eigenvalue weighted by atomic mass is 9.88. The van der Waals surface area contributed by atoms with E-state index in [0.29, 0.717) is 6.61 Å². The number of halogens is 1. The topological polar surface area (TPSA) is 41.5 Å². The standard InChI is InChI=1S/C25H26BrNO2/c1-3-22(18-7-5-4-6-8-18)25(19-9-12-21(28)13-10-19)20-11-14-24(23(26)17-20)29-16-15-27-2/h4-14,17,27-28H,3,15-16H2,1-2H3/b25-22-. The minimum atomic E-state index is 0.264. The highest BCUT2D eigenvalue weighted by molar-refractivity contribution is 9.10. The van der Waals surface area contributed by atoms with Crippen LogP contribution in [0.25, 0.3) is 11.1 Å². The predicted molar refractivity (Wildman–Crippen MR) is 124 cm³/mol. The van der Waals surface area contributed by atoms with Crippen molar-refractivity contribution in [3.63, 3.8) is 0 Å². The summed E-state index contributed by atoms with van der Waals surface area (Å²) in [6, 6.07) is 24.1. The zero-order chi connectivity index (χ0) is 20.6. The number of aromatic hydroxyl groups is 1. The summed E-state index contributed by atoms with van der Waals surface area (Å²) in [4.78, 5) is 0. The first-order valence-corrected chi connectivity index (χ1v) is 10.6. The Labute approximate surface area is 181 Å². The average molecular weight is 452 g/mol. The van der Waals surface area contributed by atoms with Gasteiger partial charge in [-0.25, -0.2) is 0 Å². The van der Waals surface area contributed by atoms with Crippen LogP contribution in [0.3, 0.4) is 0 Å². The van der Waals surface area contributed by atoms with Gasteiger partial charge in [-0.3, -0.25) is 0 Å². The van der Waals surface area contributed by atoms with Gasteiger partial charge in [0.1, 0.15) is 18.1 Å². The highest BCUT2D eigenvalue weighted by Gasteiger charge is 2.15. The molecule has 0 aliphatic heterocycles. The van der Waals surface area contributed by atoms with E-state index < -0.39 is 0 Å². The molecule has 0 atom stereocenters. The molecule has 2 N–H and O–H groups in total. The van der Waals surface area contributed by atoms with Crippen LogP contribution in [0.15, 0.2) is 77.3 Å². The lowest BCUT2D eigenvalue weighted by molar-refractivity contribution is 0.316. The van der Waals surface area contributed by atoms with Crippen LogP contribution in [0.2, 0.25) is 0 Å². The fourth-order valence-corrected chi connectivity index (χ4v) is 3.84. The van der Waals surface area contributed by atoms with Crippen molar-refractivity contribution in [1.29, 1.82) is 0 Å². The molecule has 0 unspecified atom stereocenters. The molecule has 0 aliphatic carbocycles. The summed E-state index contributed by atoms with van der Waals surface area (Å²) in [6.45, 7) is 3.58. The molecule has 3 aromatic rings. The van der Waals surface area contributed by atoms with Crippen molar-refractivity contribution < 1.29 is 9.84 Å². The number of phenols is 1. The summed E-state index contributed by atoms with van der Waals surface area (Å²) in [5.41, 5.74) is 5.78. The second kappa shape index (κ2) is 10.3. The van der Waals surface area contributed by atoms with Gasteiger partial charge in [0.15, 0.2) is 0 Å². The van der Waals surface area contributed by atoms with Gasteiger partial charge in [-0.05, 0) is 81.5 Å². The molecule has 3 nitrogen and oxygen atoms in total. The number of likely N-dealkylation sites (N-methyl/N-ethyl adjacent to an activating group) is 1. The molecule has 150 valence electrons. The number of ether oxygens (including phenoxy) is 1. The molecule has 4 heteroatoms. The van der Waals surface area contributed by atoms with Crippen LogP contribution in [-0.2, 0) is 0 Å². The quantitative estimate of drug-likeness (QED) is 0.320. The SMILES string of the molecule is CC/C(=C(\c1ccc(O)cc1)c1ccc(OCCNC)c(Br)c1)c1ccccc1. The average Bonchev–Trinajstić information content (AvgIpc) is 2.75. The molecule has 0 heterocycles. The van der Waals surface area contributed by atoms with Crippen molar-refractivity contribution >= 4 is 27.1 Å². The van der Waals surface area contributed by atoms with Crippen molar-refractivity contribution in [3.05, 3.63) is 94.0 Å². The Morgan fingerprint density at radius 2 is 1.62 bits per heavy atom. The summed E-state index contributed by atoms with van der Waals surface area (Å²) in [7, 11) is 1.91. The van der Waals surface area contributed by atoms with Gasteiger partial charge in [0, 0.05) is 6.54 Å². The third kappa shape index (κ3) is 5.28. The summed E-state index contributed by atoms with van der Waals surface area (Å²) in [6.07, 6.45) is 0.887. The van der Waals surface area contributed by atoms with Gasteiger partial charge >= 0.3 is 0 Å².